The summed E-state index contributed by atoms with van der Waals surface area (Å²) in [7, 11) is 0. The van der Waals surface area contributed by atoms with E-state index in [0.29, 0.717) is 12.4 Å². The molecular weight excluding hydrogens is 202 g/mol. The normalized spacial score (nSPS) is 11.0. The molecule has 16 heavy (non-hydrogen) atoms. The monoisotopic (exact) mass is 223 g/mol. The molecule has 1 aromatic heterocycles. The Balaban J connectivity index is 2.52. The Kier molecular flexibility index (Phi) is 5.19. The Bertz CT molecular complexity index is 333. The fourth-order valence-corrected chi connectivity index (χ4v) is 1.53. The standard InChI is InChI=1S/C12H21N3O/c1-5-7-11-13-12(16-14-11)9-15(6-2)8-10(3)4/h3,5-9H2,1-2,4H3. The molecule has 1 rings (SSSR count). The second-order valence-corrected chi connectivity index (χ2v) is 4.11. The van der Waals surface area contributed by atoms with Crippen molar-refractivity contribution in [3.05, 3.63) is 23.9 Å². The molecule has 0 aliphatic rings. The maximum Gasteiger partial charge on any atom is 0.240 e. The summed E-state index contributed by atoms with van der Waals surface area (Å²) < 4.78 is 5.20. The van der Waals surface area contributed by atoms with Crippen LogP contribution in [0.5, 0.6) is 0 Å². The molecule has 0 spiro atoms. The predicted molar refractivity (Wildman–Crippen MR) is 64.1 cm³/mol. The molecule has 0 saturated carbocycles. The van der Waals surface area contributed by atoms with Crippen LogP contribution in [0.2, 0.25) is 0 Å². The van der Waals surface area contributed by atoms with Crippen molar-refractivity contribution in [1.82, 2.24) is 15.0 Å². The zero-order valence-electron chi connectivity index (χ0n) is 10.5. The van der Waals surface area contributed by atoms with Crippen molar-refractivity contribution in [2.75, 3.05) is 13.1 Å². The molecule has 90 valence electrons. The van der Waals surface area contributed by atoms with Crippen molar-refractivity contribution in [1.29, 1.82) is 0 Å². The zero-order valence-corrected chi connectivity index (χ0v) is 10.5. The van der Waals surface area contributed by atoms with E-state index in [-0.39, 0.29) is 0 Å². The molecule has 0 unspecified atom stereocenters. The number of nitrogens with zero attached hydrogens (tertiary/aromatic N) is 3. The SMILES string of the molecule is C=C(C)CN(CC)Cc1nc(CCC)no1. The van der Waals surface area contributed by atoms with E-state index < -0.39 is 0 Å². The number of hydrogen-bond donors (Lipinski definition) is 0. The maximum atomic E-state index is 5.20. The van der Waals surface area contributed by atoms with Crippen LogP contribution in [0.4, 0.5) is 0 Å². The lowest BCUT2D eigenvalue weighted by Crippen LogP contribution is -2.24. The fourth-order valence-electron chi connectivity index (χ4n) is 1.53. The Morgan fingerprint density at radius 2 is 2.19 bits per heavy atom. The van der Waals surface area contributed by atoms with Gasteiger partial charge in [0.2, 0.25) is 5.89 Å². The minimum absolute atomic E-state index is 0.701. The summed E-state index contributed by atoms with van der Waals surface area (Å²) in [6.45, 7) is 12.7. The van der Waals surface area contributed by atoms with Crippen LogP contribution in [-0.2, 0) is 13.0 Å². The minimum Gasteiger partial charge on any atom is -0.338 e. The molecule has 0 aromatic carbocycles. The number of aryl methyl sites for hydroxylation is 1. The summed E-state index contributed by atoms with van der Waals surface area (Å²) in [6, 6.07) is 0. The van der Waals surface area contributed by atoms with Gasteiger partial charge in [0.1, 0.15) is 0 Å². The summed E-state index contributed by atoms with van der Waals surface area (Å²) >= 11 is 0. The van der Waals surface area contributed by atoms with Crippen LogP contribution in [0, 0.1) is 0 Å². The average Bonchev–Trinajstić information content (AvgIpc) is 2.64. The molecular formula is C12H21N3O. The van der Waals surface area contributed by atoms with E-state index in [2.05, 4.69) is 35.5 Å². The third-order valence-corrected chi connectivity index (χ3v) is 2.28. The van der Waals surface area contributed by atoms with Crippen LogP contribution in [0.3, 0.4) is 0 Å². The van der Waals surface area contributed by atoms with Gasteiger partial charge in [-0.25, -0.2) is 0 Å². The van der Waals surface area contributed by atoms with Gasteiger partial charge in [-0.05, 0) is 19.9 Å². The number of likely N-dealkylation sites (N-methyl/N-ethyl adjacent to an activating group) is 1. The van der Waals surface area contributed by atoms with Crippen LogP contribution in [0.15, 0.2) is 16.7 Å². The van der Waals surface area contributed by atoms with Gasteiger partial charge >= 0.3 is 0 Å². The molecule has 4 heteroatoms. The van der Waals surface area contributed by atoms with E-state index in [4.69, 9.17) is 4.52 Å². The molecule has 1 heterocycles. The van der Waals surface area contributed by atoms with Crippen LogP contribution in [0.1, 0.15) is 38.9 Å². The maximum absolute atomic E-state index is 5.20. The first kappa shape index (κ1) is 12.9. The first-order valence-corrected chi connectivity index (χ1v) is 5.83. The highest BCUT2D eigenvalue weighted by atomic mass is 16.5. The van der Waals surface area contributed by atoms with E-state index >= 15 is 0 Å². The Labute approximate surface area is 97.3 Å². The van der Waals surface area contributed by atoms with Crippen molar-refractivity contribution in [2.24, 2.45) is 0 Å². The van der Waals surface area contributed by atoms with Crippen LogP contribution in [-0.4, -0.2) is 28.1 Å². The summed E-state index contributed by atoms with van der Waals surface area (Å²) in [5, 5.41) is 3.94. The third kappa shape index (κ3) is 4.14. The quantitative estimate of drug-likeness (QED) is 0.666. The molecule has 0 aliphatic heterocycles. The smallest absolute Gasteiger partial charge is 0.240 e. The lowest BCUT2D eigenvalue weighted by atomic mass is 10.3. The Morgan fingerprint density at radius 3 is 2.75 bits per heavy atom. The van der Waals surface area contributed by atoms with E-state index in [1.807, 2.05) is 6.92 Å². The highest BCUT2D eigenvalue weighted by Gasteiger charge is 2.10. The molecule has 1 aromatic rings. The largest absolute Gasteiger partial charge is 0.338 e. The van der Waals surface area contributed by atoms with Gasteiger partial charge < -0.3 is 4.52 Å². The van der Waals surface area contributed by atoms with E-state index in [1.54, 1.807) is 0 Å². The molecule has 0 N–H and O–H groups in total. The summed E-state index contributed by atoms with van der Waals surface area (Å²) in [5.41, 5.74) is 1.15. The van der Waals surface area contributed by atoms with Gasteiger partial charge in [0.25, 0.3) is 0 Å². The molecule has 0 fully saturated rings. The Hall–Kier alpha value is -1.16. The van der Waals surface area contributed by atoms with Gasteiger partial charge in [-0.3, -0.25) is 4.90 Å². The van der Waals surface area contributed by atoms with Gasteiger partial charge in [-0.1, -0.05) is 31.2 Å². The lowest BCUT2D eigenvalue weighted by Gasteiger charge is -2.17. The summed E-state index contributed by atoms with van der Waals surface area (Å²) in [5.74, 6) is 1.51. The fraction of sp³-hybridized carbons (Fsp3) is 0.667. The van der Waals surface area contributed by atoms with Gasteiger partial charge in [-0.2, -0.15) is 4.98 Å². The molecule has 0 radical (unpaired) electrons. The molecule has 4 nitrogen and oxygen atoms in total. The van der Waals surface area contributed by atoms with Gasteiger partial charge in [0, 0.05) is 13.0 Å². The average molecular weight is 223 g/mol. The van der Waals surface area contributed by atoms with Crippen molar-refractivity contribution < 1.29 is 4.52 Å². The lowest BCUT2D eigenvalue weighted by molar-refractivity contribution is 0.251. The summed E-state index contributed by atoms with van der Waals surface area (Å²) in [4.78, 5) is 6.57. The van der Waals surface area contributed by atoms with Crippen LogP contribution < -0.4 is 0 Å². The topological polar surface area (TPSA) is 42.2 Å². The molecule has 0 atom stereocenters. The van der Waals surface area contributed by atoms with Crippen LogP contribution >= 0.6 is 0 Å². The predicted octanol–water partition coefficient (Wildman–Crippen LogP) is 2.42. The first-order valence-electron chi connectivity index (χ1n) is 5.83. The van der Waals surface area contributed by atoms with E-state index in [9.17, 15) is 0 Å². The van der Waals surface area contributed by atoms with Gasteiger partial charge in [0.05, 0.1) is 6.54 Å². The molecule has 0 amide bonds. The van der Waals surface area contributed by atoms with E-state index in [0.717, 1.165) is 37.3 Å². The summed E-state index contributed by atoms with van der Waals surface area (Å²) in [6.07, 6.45) is 1.93. The number of aromatic nitrogens is 2. The second-order valence-electron chi connectivity index (χ2n) is 4.11. The van der Waals surface area contributed by atoms with Crippen molar-refractivity contribution >= 4 is 0 Å². The van der Waals surface area contributed by atoms with Crippen molar-refractivity contribution in [3.8, 4) is 0 Å². The zero-order chi connectivity index (χ0) is 12.0. The third-order valence-electron chi connectivity index (χ3n) is 2.28. The van der Waals surface area contributed by atoms with E-state index in [1.165, 1.54) is 0 Å². The van der Waals surface area contributed by atoms with Gasteiger partial charge in [-0.15, -0.1) is 0 Å². The molecule has 0 aliphatic carbocycles. The van der Waals surface area contributed by atoms with Crippen molar-refractivity contribution in [2.45, 2.75) is 40.2 Å². The second kappa shape index (κ2) is 6.43. The Morgan fingerprint density at radius 1 is 1.44 bits per heavy atom. The highest BCUT2D eigenvalue weighted by Crippen LogP contribution is 2.05. The van der Waals surface area contributed by atoms with Gasteiger partial charge in [0.15, 0.2) is 5.82 Å². The molecule has 0 bridgehead atoms. The molecule has 0 saturated heterocycles. The van der Waals surface area contributed by atoms with Crippen LogP contribution in [0.25, 0.3) is 0 Å². The first-order chi connectivity index (χ1) is 7.65. The number of hydrogen-bond acceptors (Lipinski definition) is 4. The number of rotatable bonds is 7. The minimum atomic E-state index is 0.701. The highest BCUT2D eigenvalue weighted by molar-refractivity contribution is 4.93. The van der Waals surface area contributed by atoms with Crippen molar-refractivity contribution in [3.63, 3.8) is 0 Å².